The second-order valence-corrected chi connectivity index (χ2v) is 8.09. The molecule has 0 unspecified atom stereocenters. The number of nitrogens with one attached hydrogen (secondary N) is 1. The molecular weight excluding hydrogens is 436 g/mol. The highest BCUT2D eigenvalue weighted by molar-refractivity contribution is 7.80. The monoisotopic (exact) mass is 456 g/mol. The molecule has 2 atom stereocenters. The summed E-state index contributed by atoms with van der Waals surface area (Å²) in [6.07, 6.45) is 5.31. The average molecular weight is 457 g/mol. The molecular formula is C25H20N4O3S. The Bertz CT molecular complexity index is 1290. The van der Waals surface area contributed by atoms with E-state index in [1.54, 1.807) is 30.6 Å². The van der Waals surface area contributed by atoms with Gasteiger partial charge in [-0.05, 0) is 60.2 Å². The van der Waals surface area contributed by atoms with Crippen LogP contribution in [0.25, 0.3) is 11.3 Å². The van der Waals surface area contributed by atoms with Crippen LogP contribution in [0.3, 0.4) is 0 Å². The maximum absolute atomic E-state index is 11.4. The zero-order valence-corrected chi connectivity index (χ0v) is 18.3. The summed E-state index contributed by atoms with van der Waals surface area (Å²) in [5.74, 6) is 0.316. The van der Waals surface area contributed by atoms with Crippen molar-refractivity contribution in [1.82, 2.24) is 20.2 Å². The van der Waals surface area contributed by atoms with Gasteiger partial charge in [-0.15, -0.1) is 0 Å². The lowest BCUT2D eigenvalue weighted by atomic mass is 10.0. The Hall–Kier alpha value is -4.04. The fourth-order valence-corrected chi connectivity index (χ4v) is 4.35. The summed E-state index contributed by atoms with van der Waals surface area (Å²) in [7, 11) is 0. The summed E-state index contributed by atoms with van der Waals surface area (Å²) in [5, 5.41) is 13.3. The van der Waals surface area contributed by atoms with Gasteiger partial charge in [-0.1, -0.05) is 24.3 Å². The van der Waals surface area contributed by atoms with Gasteiger partial charge in [-0.3, -0.25) is 9.97 Å². The molecule has 2 N–H and O–H groups in total. The number of nitrogens with zero attached hydrogens (tertiary/aromatic N) is 3. The van der Waals surface area contributed by atoms with E-state index in [0.717, 1.165) is 11.3 Å². The van der Waals surface area contributed by atoms with E-state index in [0.29, 0.717) is 28.7 Å². The Kier molecular flexibility index (Phi) is 5.58. The summed E-state index contributed by atoms with van der Waals surface area (Å²) in [5.41, 5.74) is 2.78. The van der Waals surface area contributed by atoms with Gasteiger partial charge in [0.15, 0.2) is 5.11 Å². The van der Waals surface area contributed by atoms with Crippen molar-refractivity contribution in [3.8, 4) is 11.3 Å². The Balaban J connectivity index is 1.53. The van der Waals surface area contributed by atoms with Crippen molar-refractivity contribution in [3.63, 3.8) is 0 Å². The number of furan rings is 1. The molecule has 0 spiro atoms. The molecule has 1 saturated heterocycles. The van der Waals surface area contributed by atoms with E-state index < -0.39 is 5.97 Å². The Morgan fingerprint density at radius 2 is 2.00 bits per heavy atom. The molecule has 5 rings (SSSR count). The lowest BCUT2D eigenvalue weighted by Crippen LogP contribution is -2.29. The first kappa shape index (κ1) is 20.8. The van der Waals surface area contributed by atoms with Gasteiger partial charge in [0.25, 0.3) is 0 Å². The predicted octanol–water partition coefficient (Wildman–Crippen LogP) is 4.61. The maximum Gasteiger partial charge on any atom is 0.335 e. The van der Waals surface area contributed by atoms with Gasteiger partial charge >= 0.3 is 5.97 Å². The van der Waals surface area contributed by atoms with Crippen LogP contribution < -0.4 is 5.32 Å². The number of carbonyl (C=O) groups is 1. The van der Waals surface area contributed by atoms with Gasteiger partial charge in [0, 0.05) is 30.7 Å². The van der Waals surface area contributed by atoms with Crippen molar-refractivity contribution < 1.29 is 14.3 Å². The molecule has 1 aliphatic rings. The van der Waals surface area contributed by atoms with Crippen LogP contribution in [0.5, 0.6) is 0 Å². The number of hydrogen-bond donors (Lipinski definition) is 2. The summed E-state index contributed by atoms with van der Waals surface area (Å²) >= 11 is 5.70. The van der Waals surface area contributed by atoms with Crippen LogP contribution in [0.2, 0.25) is 0 Å². The van der Waals surface area contributed by atoms with Crippen LogP contribution in [0.1, 0.15) is 39.5 Å². The normalized spacial score (nSPS) is 17.7. The molecule has 4 aromatic rings. The molecule has 1 fully saturated rings. The molecule has 3 aromatic heterocycles. The highest BCUT2D eigenvalue weighted by atomic mass is 32.1. The summed E-state index contributed by atoms with van der Waals surface area (Å²) in [6, 6.07) is 19.7. The van der Waals surface area contributed by atoms with Crippen molar-refractivity contribution in [3.05, 3.63) is 108 Å². The Morgan fingerprint density at radius 1 is 1.09 bits per heavy atom. The molecule has 0 aliphatic carbocycles. The van der Waals surface area contributed by atoms with Crippen LogP contribution in [0, 0.1) is 0 Å². The van der Waals surface area contributed by atoms with E-state index in [4.69, 9.17) is 16.6 Å². The molecule has 33 heavy (non-hydrogen) atoms. The molecule has 0 radical (unpaired) electrons. The number of rotatable bonds is 6. The van der Waals surface area contributed by atoms with E-state index in [9.17, 15) is 9.90 Å². The standard InChI is InChI=1S/C25H20N4O3S/c30-24(31)18-7-3-6-17(13-18)20-9-10-21(32-20)23-22(19-8-1-2-12-27-19)28-25(33)29(23)15-16-5-4-11-26-14-16/h1-14,22-23H,15H2,(H,28,33)(H,30,31)/t22-,23-/m0/s1. The number of benzene rings is 1. The highest BCUT2D eigenvalue weighted by Crippen LogP contribution is 2.41. The third-order valence-corrected chi connectivity index (χ3v) is 5.94. The van der Waals surface area contributed by atoms with E-state index in [1.807, 2.05) is 54.7 Å². The zero-order chi connectivity index (χ0) is 22.8. The smallest absolute Gasteiger partial charge is 0.335 e. The van der Waals surface area contributed by atoms with Gasteiger partial charge in [-0.25, -0.2) is 4.79 Å². The van der Waals surface area contributed by atoms with Gasteiger partial charge in [0.05, 0.1) is 17.3 Å². The number of carboxylic acid groups (broad SMARTS) is 1. The first-order chi connectivity index (χ1) is 16.1. The molecule has 0 bridgehead atoms. The largest absolute Gasteiger partial charge is 0.478 e. The third-order valence-electron chi connectivity index (χ3n) is 5.59. The van der Waals surface area contributed by atoms with E-state index in [2.05, 4.69) is 20.2 Å². The summed E-state index contributed by atoms with van der Waals surface area (Å²) in [4.78, 5) is 22.2. The minimum Gasteiger partial charge on any atom is -0.478 e. The lowest BCUT2D eigenvalue weighted by molar-refractivity contribution is 0.0697. The number of thiocarbonyl (C=S) groups is 1. The SMILES string of the molecule is O=C(O)c1cccc(-c2ccc([C@H]3[C@H](c4ccccn4)NC(=S)N3Cc3cccnc3)o2)c1. The lowest BCUT2D eigenvalue weighted by Gasteiger charge is -2.26. The van der Waals surface area contributed by atoms with Crippen molar-refractivity contribution in [2.75, 3.05) is 0 Å². The third kappa shape index (κ3) is 4.20. The molecule has 0 saturated carbocycles. The van der Waals surface area contributed by atoms with Gasteiger partial charge in [-0.2, -0.15) is 0 Å². The fourth-order valence-electron chi connectivity index (χ4n) is 4.05. The number of hydrogen-bond acceptors (Lipinski definition) is 5. The Labute approximate surface area is 195 Å². The molecule has 0 amide bonds. The Morgan fingerprint density at radius 3 is 2.76 bits per heavy atom. The van der Waals surface area contributed by atoms with Gasteiger partial charge in [0.2, 0.25) is 0 Å². The molecule has 7 nitrogen and oxygen atoms in total. The number of carboxylic acids is 1. The molecule has 8 heteroatoms. The maximum atomic E-state index is 11.4. The van der Waals surface area contributed by atoms with Crippen molar-refractivity contribution in [2.24, 2.45) is 0 Å². The zero-order valence-electron chi connectivity index (χ0n) is 17.5. The van der Waals surface area contributed by atoms with Crippen LogP contribution in [0.4, 0.5) is 0 Å². The van der Waals surface area contributed by atoms with E-state index in [-0.39, 0.29) is 17.6 Å². The number of aromatic carboxylic acids is 1. The average Bonchev–Trinajstić information content (AvgIpc) is 3.45. The second kappa shape index (κ2) is 8.84. The minimum atomic E-state index is -0.980. The van der Waals surface area contributed by atoms with Crippen molar-refractivity contribution >= 4 is 23.3 Å². The molecule has 1 aliphatic heterocycles. The molecule has 164 valence electrons. The number of aromatic nitrogens is 2. The van der Waals surface area contributed by atoms with Crippen molar-refractivity contribution in [2.45, 2.75) is 18.6 Å². The van der Waals surface area contributed by atoms with E-state index in [1.165, 1.54) is 0 Å². The second-order valence-electron chi connectivity index (χ2n) is 7.70. The molecule has 1 aromatic carbocycles. The van der Waals surface area contributed by atoms with Crippen molar-refractivity contribution in [1.29, 1.82) is 0 Å². The minimum absolute atomic E-state index is 0.207. The first-order valence-electron chi connectivity index (χ1n) is 10.4. The topological polar surface area (TPSA) is 91.5 Å². The van der Waals surface area contributed by atoms with Gasteiger partial charge < -0.3 is 19.7 Å². The van der Waals surface area contributed by atoms with Crippen LogP contribution in [-0.2, 0) is 6.54 Å². The summed E-state index contributed by atoms with van der Waals surface area (Å²) < 4.78 is 6.28. The van der Waals surface area contributed by atoms with Crippen LogP contribution in [0.15, 0.2) is 89.7 Å². The number of pyridine rings is 2. The highest BCUT2D eigenvalue weighted by Gasteiger charge is 2.41. The first-order valence-corrected chi connectivity index (χ1v) is 10.8. The summed E-state index contributed by atoms with van der Waals surface area (Å²) in [6.45, 7) is 0.554. The van der Waals surface area contributed by atoms with Crippen LogP contribution >= 0.6 is 12.2 Å². The van der Waals surface area contributed by atoms with E-state index >= 15 is 0 Å². The predicted molar refractivity (Wildman–Crippen MR) is 126 cm³/mol. The van der Waals surface area contributed by atoms with Gasteiger partial charge in [0.1, 0.15) is 17.6 Å². The quantitative estimate of drug-likeness (QED) is 0.407. The van der Waals surface area contributed by atoms with Crippen LogP contribution in [-0.4, -0.2) is 31.1 Å². The molecule has 4 heterocycles. The fraction of sp³-hybridized carbons (Fsp3) is 0.120.